The van der Waals surface area contributed by atoms with Crippen molar-refractivity contribution in [3.8, 4) is 0 Å². The van der Waals surface area contributed by atoms with Crippen molar-refractivity contribution in [1.29, 1.82) is 0 Å². The molecule has 0 aliphatic heterocycles. The zero-order chi connectivity index (χ0) is 28.3. The minimum atomic E-state index is 0.910. The van der Waals surface area contributed by atoms with Gasteiger partial charge in [0.1, 0.15) is 0 Å². The minimum Gasteiger partial charge on any atom is -0.341 e. The topological polar surface area (TPSA) is 9.86 Å². The molecule has 0 N–H and O–H groups in total. The summed E-state index contributed by atoms with van der Waals surface area (Å²) in [5.74, 6) is 0. The smallest absolute Gasteiger partial charge is 0.0497 e. The first-order valence-electron chi connectivity index (χ1n) is 14.5. The Balaban J connectivity index is 1.22. The van der Waals surface area contributed by atoms with Gasteiger partial charge in [0, 0.05) is 57.1 Å². The summed E-state index contributed by atoms with van der Waals surface area (Å²) in [5, 5.41) is 3.91. The molecule has 0 unspecified atom stereocenters. The number of para-hydroxylation sites is 1. The summed E-state index contributed by atoms with van der Waals surface area (Å²) >= 11 is 0. The van der Waals surface area contributed by atoms with Crippen molar-refractivity contribution >= 4 is 69.2 Å². The Hall–Kier alpha value is -4.82. The normalized spacial score (nSPS) is 12.3. The van der Waals surface area contributed by atoms with Crippen molar-refractivity contribution in [3.63, 3.8) is 0 Å². The monoisotopic (exact) mass is 532 g/mol. The van der Waals surface area contributed by atoms with E-state index in [0.29, 0.717) is 0 Å². The number of aryl methyl sites for hydroxylation is 2. The van der Waals surface area contributed by atoms with E-state index in [9.17, 15) is 0 Å². The lowest BCUT2D eigenvalue weighted by Crippen LogP contribution is -1.96. The highest BCUT2D eigenvalue weighted by Crippen LogP contribution is 2.31. The molecule has 2 nitrogen and oxygen atoms in total. The fourth-order valence-corrected chi connectivity index (χ4v) is 6.03. The number of rotatable bonds is 8. The van der Waals surface area contributed by atoms with Crippen LogP contribution in [0.25, 0.3) is 69.2 Å². The molecular formula is C39H36N2. The second kappa shape index (κ2) is 11.3. The van der Waals surface area contributed by atoms with E-state index >= 15 is 0 Å². The summed E-state index contributed by atoms with van der Waals surface area (Å²) in [7, 11) is 0. The lowest BCUT2D eigenvalue weighted by Gasteiger charge is -2.05. The minimum absolute atomic E-state index is 0.910. The predicted octanol–water partition coefficient (Wildman–Crippen LogP) is 10.8. The molecule has 6 rings (SSSR count). The van der Waals surface area contributed by atoms with Gasteiger partial charge in [0.05, 0.1) is 0 Å². The fraction of sp³-hybridized carbons (Fsp3) is 0.128. The number of allylic oxidation sites excluding steroid dienone is 1. The van der Waals surface area contributed by atoms with Gasteiger partial charge in [0.25, 0.3) is 0 Å². The third kappa shape index (κ3) is 4.87. The van der Waals surface area contributed by atoms with E-state index < -0.39 is 0 Å². The largest absolute Gasteiger partial charge is 0.341 e. The molecule has 202 valence electrons. The van der Waals surface area contributed by atoms with Crippen LogP contribution in [0.3, 0.4) is 0 Å². The van der Waals surface area contributed by atoms with Crippen molar-refractivity contribution in [2.24, 2.45) is 0 Å². The zero-order valence-corrected chi connectivity index (χ0v) is 24.1. The van der Waals surface area contributed by atoms with E-state index in [1.165, 1.54) is 66.2 Å². The number of benzene rings is 4. The van der Waals surface area contributed by atoms with Crippen LogP contribution in [0.1, 0.15) is 54.3 Å². The average molecular weight is 533 g/mol. The van der Waals surface area contributed by atoms with E-state index in [2.05, 4.69) is 158 Å². The Morgan fingerprint density at radius 2 is 1.07 bits per heavy atom. The maximum absolute atomic E-state index is 4.07. The van der Waals surface area contributed by atoms with E-state index in [-0.39, 0.29) is 0 Å². The van der Waals surface area contributed by atoms with Crippen molar-refractivity contribution in [3.05, 3.63) is 131 Å². The number of hydrogen-bond acceptors (Lipinski definition) is 0. The summed E-state index contributed by atoms with van der Waals surface area (Å²) in [6.07, 6.45) is 15.0. The van der Waals surface area contributed by atoms with E-state index in [0.717, 1.165) is 13.1 Å². The summed E-state index contributed by atoms with van der Waals surface area (Å²) in [6.45, 7) is 12.4. The maximum Gasteiger partial charge on any atom is 0.0497 e. The summed E-state index contributed by atoms with van der Waals surface area (Å²) in [6, 6.07) is 30.9. The van der Waals surface area contributed by atoms with Gasteiger partial charge < -0.3 is 9.13 Å². The fourth-order valence-electron chi connectivity index (χ4n) is 6.03. The summed E-state index contributed by atoms with van der Waals surface area (Å²) in [4.78, 5) is 0. The van der Waals surface area contributed by atoms with Crippen molar-refractivity contribution < 1.29 is 0 Å². The van der Waals surface area contributed by atoms with E-state index in [1.54, 1.807) is 0 Å². The Labute approximate surface area is 242 Å². The van der Waals surface area contributed by atoms with Gasteiger partial charge in [-0.05, 0) is 67.3 Å². The lowest BCUT2D eigenvalue weighted by atomic mass is 10.1. The van der Waals surface area contributed by atoms with Crippen LogP contribution in [0, 0.1) is 0 Å². The molecule has 4 aromatic carbocycles. The second-order valence-electron chi connectivity index (χ2n) is 10.4. The SMILES string of the molecule is C=Cc1c(/C=C\C)c2ccc(/C=C/c3ccc(/C=C/c4ccc5c6ccccc6n(CC)c5c4)cc3)cc2n1CC. The van der Waals surface area contributed by atoms with Gasteiger partial charge >= 0.3 is 0 Å². The Morgan fingerprint density at radius 3 is 1.66 bits per heavy atom. The first-order chi connectivity index (χ1) is 20.1. The van der Waals surface area contributed by atoms with Gasteiger partial charge in [-0.3, -0.25) is 0 Å². The first kappa shape index (κ1) is 26.4. The Kier molecular flexibility index (Phi) is 7.31. The number of fused-ring (bicyclic) bond motifs is 4. The molecule has 0 radical (unpaired) electrons. The second-order valence-corrected chi connectivity index (χ2v) is 10.4. The highest BCUT2D eigenvalue weighted by Gasteiger charge is 2.12. The first-order valence-corrected chi connectivity index (χ1v) is 14.5. The van der Waals surface area contributed by atoms with Gasteiger partial charge in [0.15, 0.2) is 0 Å². The number of nitrogens with zero attached hydrogens (tertiary/aromatic N) is 2. The number of hydrogen-bond donors (Lipinski definition) is 0. The van der Waals surface area contributed by atoms with Crippen LogP contribution in [0.4, 0.5) is 0 Å². The molecule has 0 saturated heterocycles. The van der Waals surface area contributed by atoms with Crippen LogP contribution in [0.2, 0.25) is 0 Å². The quantitative estimate of drug-likeness (QED) is 0.173. The van der Waals surface area contributed by atoms with Gasteiger partial charge in [-0.15, -0.1) is 0 Å². The summed E-state index contributed by atoms with van der Waals surface area (Å²) < 4.78 is 4.75. The zero-order valence-electron chi connectivity index (χ0n) is 24.1. The summed E-state index contributed by atoms with van der Waals surface area (Å²) in [5.41, 5.74) is 11.0. The molecule has 2 heteroatoms. The average Bonchev–Trinajstić information content (AvgIpc) is 3.50. The van der Waals surface area contributed by atoms with Crippen molar-refractivity contribution in [1.82, 2.24) is 9.13 Å². The molecule has 2 aromatic heterocycles. The van der Waals surface area contributed by atoms with Crippen molar-refractivity contribution in [2.75, 3.05) is 0 Å². The molecular weight excluding hydrogens is 496 g/mol. The Bertz CT molecular complexity index is 1970. The van der Waals surface area contributed by atoms with Crippen LogP contribution in [0.5, 0.6) is 0 Å². The van der Waals surface area contributed by atoms with Crippen LogP contribution in [-0.2, 0) is 13.1 Å². The third-order valence-corrected chi connectivity index (χ3v) is 8.00. The van der Waals surface area contributed by atoms with Crippen LogP contribution >= 0.6 is 0 Å². The van der Waals surface area contributed by atoms with Crippen LogP contribution in [0.15, 0.2) is 97.6 Å². The highest BCUT2D eigenvalue weighted by molar-refractivity contribution is 6.08. The molecule has 0 fully saturated rings. The molecule has 41 heavy (non-hydrogen) atoms. The molecule has 0 saturated carbocycles. The number of aromatic nitrogens is 2. The van der Waals surface area contributed by atoms with Gasteiger partial charge in [0.2, 0.25) is 0 Å². The van der Waals surface area contributed by atoms with Crippen LogP contribution < -0.4 is 0 Å². The molecule has 0 aliphatic carbocycles. The molecule has 0 bridgehead atoms. The van der Waals surface area contributed by atoms with Crippen molar-refractivity contribution in [2.45, 2.75) is 33.9 Å². The van der Waals surface area contributed by atoms with E-state index in [1.807, 2.05) is 6.08 Å². The van der Waals surface area contributed by atoms with Gasteiger partial charge in [-0.2, -0.15) is 0 Å². The molecule has 2 heterocycles. The molecule has 0 amide bonds. The van der Waals surface area contributed by atoms with Gasteiger partial charge in [-0.25, -0.2) is 0 Å². The van der Waals surface area contributed by atoms with Gasteiger partial charge in [-0.1, -0.05) is 110 Å². The lowest BCUT2D eigenvalue weighted by molar-refractivity contribution is 0.789. The third-order valence-electron chi connectivity index (χ3n) is 8.00. The van der Waals surface area contributed by atoms with Crippen LogP contribution in [-0.4, -0.2) is 9.13 Å². The molecule has 6 aromatic rings. The Morgan fingerprint density at radius 1 is 0.561 bits per heavy atom. The molecule has 0 spiro atoms. The highest BCUT2D eigenvalue weighted by atomic mass is 15.0. The standard InChI is InChI=1S/C39H36N2/c1-5-11-32-34-24-22-30(26-38(34)40(7-3)36(32)6-2)20-18-28-14-16-29(17-15-28)19-21-31-23-25-35-33-12-9-10-13-37(33)41(8-4)39(35)27-31/h5-6,9-27H,2,7-8H2,1,3-4H3/b11-5-,20-18+,21-19+. The molecule has 0 aliphatic rings. The predicted molar refractivity (Wildman–Crippen MR) is 182 cm³/mol. The maximum atomic E-state index is 4.07. The molecule has 0 atom stereocenters. The van der Waals surface area contributed by atoms with E-state index in [4.69, 9.17) is 0 Å².